The summed E-state index contributed by atoms with van der Waals surface area (Å²) in [6.45, 7) is 13.2. The molecule has 0 aliphatic carbocycles. The molecule has 5 heteroatoms. The minimum atomic E-state index is 0.559. The molecule has 0 spiro atoms. The van der Waals surface area contributed by atoms with Gasteiger partial charge >= 0.3 is 0 Å². The molecule has 0 radical (unpaired) electrons. The third-order valence-corrected chi connectivity index (χ3v) is 4.99. The van der Waals surface area contributed by atoms with Crippen molar-refractivity contribution in [1.82, 2.24) is 15.1 Å². The molecule has 0 amide bonds. The number of nitrogens with one attached hydrogen (secondary N) is 1. The summed E-state index contributed by atoms with van der Waals surface area (Å²) < 4.78 is 5.43. The fourth-order valence-electron chi connectivity index (χ4n) is 3.63. The molecule has 2 aliphatic heterocycles. The molecule has 0 bridgehead atoms. The molecule has 0 aromatic heterocycles. The van der Waals surface area contributed by atoms with Crippen LogP contribution in [0.1, 0.15) is 25.0 Å². The second-order valence-electron chi connectivity index (χ2n) is 7.15. The van der Waals surface area contributed by atoms with E-state index in [2.05, 4.69) is 53.2 Å². The quantitative estimate of drug-likeness (QED) is 0.655. The molecule has 1 fully saturated rings. The highest BCUT2D eigenvalue weighted by atomic mass is 16.5. The summed E-state index contributed by atoms with van der Waals surface area (Å²) in [5, 5.41) is 3.48. The normalized spacial score (nSPS) is 20.2. The van der Waals surface area contributed by atoms with Crippen LogP contribution in [0, 0.1) is 5.92 Å². The van der Waals surface area contributed by atoms with E-state index in [4.69, 9.17) is 9.73 Å². The SMILES string of the molecule is CCNC(=NCC(C)CN1CCOCC1)N1CCc2ccccc2C1. The Morgan fingerprint density at radius 3 is 2.72 bits per heavy atom. The lowest BCUT2D eigenvalue weighted by Crippen LogP contribution is -2.44. The van der Waals surface area contributed by atoms with E-state index < -0.39 is 0 Å². The van der Waals surface area contributed by atoms with Gasteiger partial charge in [-0.3, -0.25) is 9.89 Å². The highest BCUT2D eigenvalue weighted by Crippen LogP contribution is 2.18. The fourth-order valence-corrected chi connectivity index (χ4v) is 3.63. The third kappa shape index (κ3) is 5.19. The first-order valence-corrected chi connectivity index (χ1v) is 9.66. The van der Waals surface area contributed by atoms with Crippen LogP contribution < -0.4 is 5.32 Å². The zero-order chi connectivity index (χ0) is 17.5. The van der Waals surface area contributed by atoms with E-state index >= 15 is 0 Å². The lowest BCUT2D eigenvalue weighted by Gasteiger charge is -2.32. The second-order valence-corrected chi connectivity index (χ2v) is 7.15. The minimum absolute atomic E-state index is 0.559. The van der Waals surface area contributed by atoms with Crippen LogP contribution in [0.25, 0.3) is 0 Å². The Morgan fingerprint density at radius 1 is 1.20 bits per heavy atom. The lowest BCUT2D eigenvalue weighted by molar-refractivity contribution is 0.0323. The number of rotatable bonds is 5. The molecule has 0 saturated carbocycles. The molecule has 5 nitrogen and oxygen atoms in total. The maximum atomic E-state index is 5.43. The average Bonchev–Trinajstić information content (AvgIpc) is 2.65. The Balaban J connectivity index is 1.57. The van der Waals surface area contributed by atoms with Crippen LogP contribution in [-0.2, 0) is 17.7 Å². The highest BCUT2D eigenvalue weighted by molar-refractivity contribution is 5.80. The van der Waals surface area contributed by atoms with Crippen molar-refractivity contribution in [3.05, 3.63) is 35.4 Å². The van der Waals surface area contributed by atoms with Gasteiger partial charge in [0, 0.05) is 45.8 Å². The molecule has 1 unspecified atom stereocenters. The number of aliphatic imine (C=N–C) groups is 1. The van der Waals surface area contributed by atoms with E-state index in [0.29, 0.717) is 5.92 Å². The van der Waals surface area contributed by atoms with Crippen molar-refractivity contribution in [3.8, 4) is 0 Å². The number of fused-ring (bicyclic) bond motifs is 1. The van der Waals surface area contributed by atoms with Crippen molar-refractivity contribution in [2.75, 3.05) is 52.5 Å². The van der Waals surface area contributed by atoms with Gasteiger partial charge in [-0.2, -0.15) is 0 Å². The molecule has 1 aromatic carbocycles. The summed E-state index contributed by atoms with van der Waals surface area (Å²) in [6.07, 6.45) is 1.10. The first-order valence-electron chi connectivity index (χ1n) is 9.66. The van der Waals surface area contributed by atoms with Crippen molar-refractivity contribution in [2.24, 2.45) is 10.9 Å². The molecule has 1 saturated heterocycles. The predicted molar refractivity (Wildman–Crippen MR) is 103 cm³/mol. The molecule has 1 aromatic rings. The standard InChI is InChI=1S/C20H32N4O/c1-3-21-20(22-14-17(2)15-23-10-12-25-13-11-23)24-9-8-18-6-4-5-7-19(18)16-24/h4-7,17H,3,8-16H2,1-2H3,(H,21,22). The van der Waals surface area contributed by atoms with Crippen molar-refractivity contribution in [2.45, 2.75) is 26.8 Å². The monoisotopic (exact) mass is 344 g/mol. The van der Waals surface area contributed by atoms with Gasteiger partial charge in [0.15, 0.2) is 5.96 Å². The van der Waals surface area contributed by atoms with Crippen LogP contribution in [0.2, 0.25) is 0 Å². The number of hydrogen-bond acceptors (Lipinski definition) is 3. The Kier molecular flexibility index (Phi) is 6.70. The predicted octanol–water partition coefficient (Wildman–Crippen LogP) is 1.98. The van der Waals surface area contributed by atoms with Crippen molar-refractivity contribution < 1.29 is 4.74 Å². The molecule has 3 rings (SSSR count). The molecular formula is C20H32N4O. The summed E-state index contributed by atoms with van der Waals surface area (Å²) in [5.41, 5.74) is 2.91. The summed E-state index contributed by atoms with van der Waals surface area (Å²) in [4.78, 5) is 9.84. The third-order valence-electron chi connectivity index (χ3n) is 4.99. The first-order chi connectivity index (χ1) is 12.3. The molecule has 138 valence electrons. The molecule has 1 N–H and O–H groups in total. The van der Waals surface area contributed by atoms with Crippen molar-refractivity contribution in [1.29, 1.82) is 0 Å². The zero-order valence-corrected chi connectivity index (χ0v) is 15.7. The second kappa shape index (κ2) is 9.20. The average molecular weight is 345 g/mol. The van der Waals surface area contributed by atoms with Crippen LogP contribution in [0.5, 0.6) is 0 Å². The maximum absolute atomic E-state index is 5.43. The summed E-state index contributed by atoms with van der Waals surface area (Å²) in [7, 11) is 0. The van der Waals surface area contributed by atoms with Gasteiger partial charge in [-0.25, -0.2) is 0 Å². The number of guanidine groups is 1. The topological polar surface area (TPSA) is 40.1 Å². The van der Waals surface area contributed by atoms with Gasteiger partial charge in [0.1, 0.15) is 0 Å². The molecule has 25 heavy (non-hydrogen) atoms. The Labute approximate surface area is 152 Å². The Hall–Kier alpha value is -1.59. The van der Waals surface area contributed by atoms with Crippen LogP contribution >= 0.6 is 0 Å². The fraction of sp³-hybridized carbons (Fsp3) is 0.650. The maximum Gasteiger partial charge on any atom is 0.194 e. The van der Waals surface area contributed by atoms with E-state index in [1.54, 1.807) is 0 Å². The number of ether oxygens (including phenoxy) is 1. The summed E-state index contributed by atoms with van der Waals surface area (Å²) in [5.74, 6) is 1.62. The minimum Gasteiger partial charge on any atom is -0.379 e. The number of hydrogen-bond donors (Lipinski definition) is 1. The molecule has 1 atom stereocenters. The van der Waals surface area contributed by atoms with E-state index in [-0.39, 0.29) is 0 Å². The number of benzene rings is 1. The van der Waals surface area contributed by atoms with E-state index in [1.165, 1.54) is 11.1 Å². The number of nitrogens with zero attached hydrogens (tertiary/aromatic N) is 3. The molecule has 2 heterocycles. The van der Waals surface area contributed by atoms with Gasteiger partial charge in [-0.05, 0) is 30.4 Å². The summed E-state index contributed by atoms with van der Waals surface area (Å²) in [6, 6.07) is 8.77. The van der Waals surface area contributed by atoms with Crippen LogP contribution in [0.4, 0.5) is 0 Å². The molecule has 2 aliphatic rings. The van der Waals surface area contributed by atoms with Gasteiger partial charge in [0.05, 0.1) is 13.2 Å². The van der Waals surface area contributed by atoms with Gasteiger partial charge in [-0.15, -0.1) is 0 Å². The Morgan fingerprint density at radius 2 is 1.96 bits per heavy atom. The first kappa shape index (κ1) is 18.2. The van der Waals surface area contributed by atoms with Gasteiger partial charge in [0.2, 0.25) is 0 Å². The number of morpholine rings is 1. The van der Waals surface area contributed by atoms with E-state index in [9.17, 15) is 0 Å². The lowest BCUT2D eigenvalue weighted by atomic mass is 10.0. The van der Waals surface area contributed by atoms with Gasteiger partial charge < -0.3 is 15.0 Å². The van der Waals surface area contributed by atoms with Crippen LogP contribution in [-0.4, -0.2) is 68.2 Å². The zero-order valence-electron chi connectivity index (χ0n) is 15.7. The van der Waals surface area contributed by atoms with Gasteiger partial charge in [0.25, 0.3) is 0 Å². The molecular weight excluding hydrogens is 312 g/mol. The van der Waals surface area contributed by atoms with Crippen LogP contribution in [0.15, 0.2) is 29.3 Å². The van der Waals surface area contributed by atoms with Crippen molar-refractivity contribution >= 4 is 5.96 Å². The van der Waals surface area contributed by atoms with E-state index in [0.717, 1.165) is 71.4 Å². The van der Waals surface area contributed by atoms with Crippen LogP contribution in [0.3, 0.4) is 0 Å². The highest BCUT2D eigenvalue weighted by Gasteiger charge is 2.19. The van der Waals surface area contributed by atoms with E-state index in [1.807, 2.05) is 0 Å². The Bertz CT molecular complexity index is 569. The smallest absolute Gasteiger partial charge is 0.194 e. The summed E-state index contributed by atoms with van der Waals surface area (Å²) >= 11 is 0. The van der Waals surface area contributed by atoms with Crippen molar-refractivity contribution in [3.63, 3.8) is 0 Å². The largest absolute Gasteiger partial charge is 0.379 e. The van der Waals surface area contributed by atoms with Gasteiger partial charge in [-0.1, -0.05) is 31.2 Å².